The first-order valence-corrected chi connectivity index (χ1v) is 5.18. The summed E-state index contributed by atoms with van der Waals surface area (Å²) >= 11 is 0. The lowest BCUT2D eigenvalue weighted by molar-refractivity contribution is -0.180. The van der Waals surface area contributed by atoms with Crippen molar-refractivity contribution < 1.29 is 19.1 Å². The molecule has 0 aromatic carbocycles. The highest BCUT2D eigenvalue weighted by molar-refractivity contribution is 5.94. The van der Waals surface area contributed by atoms with Crippen molar-refractivity contribution in [3.8, 4) is 0 Å². The lowest BCUT2D eigenvalue weighted by Gasteiger charge is -2.24. The second-order valence-corrected chi connectivity index (χ2v) is 3.51. The number of ether oxygens (including phenoxy) is 2. The first-order chi connectivity index (χ1) is 7.13. The zero-order valence-corrected chi connectivity index (χ0v) is 9.06. The molecular weight excluding hydrogens is 196 g/mol. The van der Waals surface area contributed by atoms with Crippen molar-refractivity contribution in [3.63, 3.8) is 0 Å². The van der Waals surface area contributed by atoms with E-state index in [2.05, 4.69) is 0 Å². The number of carbonyl (C=O) groups is 2. The number of rotatable bonds is 4. The molecule has 15 heavy (non-hydrogen) atoms. The molecule has 1 rings (SSSR count). The van der Waals surface area contributed by atoms with E-state index in [1.165, 1.54) is 19.1 Å². The molecule has 84 valence electrons. The Labute approximate surface area is 89.2 Å². The lowest BCUT2D eigenvalue weighted by Crippen LogP contribution is -2.33. The van der Waals surface area contributed by atoms with Gasteiger partial charge in [0.15, 0.2) is 5.78 Å². The molecule has 1 aliphatic rings. The van der Waals surface area contributed by atoms with Crippen molar-refractivity contribution in [2.75, 3.05) is 0 Å². The highest BCUT2D eigenvalue weighted by atomic mass is 16.7. The molecule has 0 amide bonds. The fourth-order valence-corrected chi connectivity index (χ4v) is 1.39. The maximum Gasteiger partial charge on any atom is 0.305 e. The standard InChI is InChI=1S/C11H16O4/c1-3-4-5-10-9(13)6-7-11(15-10)14-8(2)12/h6-7,10-11H,3-5H2,1-2H3/t10-,11-/m0/s1. The van der Waals surface area contributed by atoms with Gasteiger partial charge < -0.3 is 9.47 Å². The molecule has 0 aromatic heterocycles. The minimum atomic E-state index is -0.706. The molecule has 0 saturated heterocycles. The van der Waals surface area contributed by atoms with Crippen molar-refractivity contribution in [1.82, 2.24) is 0 Å². The Kier molecular flexibility index (Phi) is 4.49. The average molecular weight is 212 g/mol. The van der Waals surface area contributed by atoms with Crippen molar-refractivity contribution >= 4 is 11.8 Å². The van der Waals surface area contributed by atoms with Gasteiger partial charge in [-0.05, 0) is 18.6 Å². The fourth-order valence-electron chi connectivity index (χ4n) is 1.39. The molecule has 0 bridgehead atoms. The molecule has 0 aromatic rings. The molecule has 0 unspecified atom stereocenters. The van der Waals surface area contributed by atoms with Crippen LogP contribution < -0.4 is 0 Å². The molecule has 0 radical (unpaired) electrons. The monoisotopic (exact) mass is 212 g/mol. The van der Waals surface area contributed by atoms with Gasteiger partial charge in [-0.15, -0.1) is 0 Å². The quantitative estimate of drug-likeness (QED) is 0.664. The molecule has 0 fully saturated rings. The molecule has 0 saturated carbocycles. The molecule has 4 heteroatoms. The van der Waals surface area contributed by atoms with Crippen LogP contribution in [0.5, 0.6) is 0 Å². The first kappa shape index (κ1) is 11.9. The van der Waals surface area contributed by atoms with Gasteiger partial charge in [-0.25, -0.2) is 0 Å². The van der Waals surface area contributed by atoms with E-state index in [9.17, 15) is 9.59 Å². The number of ketones is 1. The Bertz CT molecular complexity index is 270. The number of unbranched alkanes of at least 4 members (excludes halogenated alkanes) is 1. The smallest absolute Gasteiger partial charge is 0.305 e. The zero-order chi connectivity index (χ0) is 11.3. The zero-order valence-electron chi connectivity index (χ0n) is 9.06. The van der Waals surface area contributed by atoms with Crippen LogP contribution in [-0.4, -0.2) is 24.1 Å². The first-order valence-electron chi connectivity index (χ1n) is 5.18. The van der Waals surface area contributed by atoms with E-state index < -0.39 is 18.4 Å². The van der Waals surface area contributed by atoms with Crippen LogP contribution in [0.1, 0.15) is 33.1 Å². The summed E-state index contributed by atoms with van der Waals surface area (Å²) in [6.07, 6.45) is 4.34. The van der Waals surface area contributed by atoms with Crippen LogP contribution in [0.25, 0.3) is 0 Å². The van der Waals surface area contributed by atoms with E-state index in [1.54, 1.807) is 0 Å². The number of carbonyl (C=O) groups excluding carboxylic acids is 2. The summed E-state index contributed by atoms with van der Waals surface area (Å²) in [6, 6.07) is 0. The van der Waals surface area contributed by atoms with Gasteiger partial charge in [-0.3, -0.25) is 9.59 Å². The second-order valence-electron chi connectivity index (χ2n) is 3.51. The van der Waals surface area contributed by atoms with E-state index in [1.807, 2.05) is 6.92 Å². The normalized spacial score (nSPS) is 25.3. The lowest BCUT2D eigenvalue weighted by atomic mass is 10.1. The highest BCUT2D eigenvalue weighted by Crippen LogP contribution is 2.15. The van der Waals surface area contributed by atoms with Gasteiger partial charge >= 0.3 is 5.97 Å². The molecule has 1 heterocycles. The predicted octanol–water partition coefficient (Wildman–Crippen LogP) is 1.59. The van der Waals surface area contributed by atoms with Crippen LogP contribution in [0.2, 0.25) is 0 Å². The Morgan fingerprint density at radius 3 is 2.93 bits per heavy atom. The Hall–Kier alpha value is -1.16. The highest BCUT2D eigenvalue weighted by Gasteiger charge is 2.25. The van der Waals surface area contributed by atoms with Gasteiger partial charge in [-0.2, -0.15) is 0 Å². The van der Waals surface area contributed by atoms with Gasteiger partial charge in [-0.1, -0.05) is 19.8 Å². The van der Waals surface area contributed by atoms with Crippen LogP contribution in [0.3, 0.4) is 0 Å². The van der Waals surface area contributed by atoms with Crippen LogP contribution in [0, 0.1) is 0 Å². The Morgan fingerprint density at radius 2 is 2.33 bits per heavy atom. The van der Waals surface area contributed by atoms with Gasteiger partial charge in [0, 0.05) is 6.92 Å². The summed E-state index contributed by atoms with van der Waals surface area (Å²) < 4.78 is 10.2. The summed E-state index contributed by atoms with van der Waals surface area (Å²) in [5, 5.41) is 0. The van der Waals surface area contributed by atoms with Crippen molar-refractivity contribution in [2.24, 2.45) is 0 Å². The van der Waals surface area contributed by atoms with Gasteiger partial charge in [0.05, 0.1) is 0 Å². The molecule has 4 nitrogen and oxygen atoms in total. The van der Waals surface area contributed by atoms with E-state index in [-0.39, 0.29) is 5.78 Å². The van der Waals surface area contributed by atoms with Gasteiger partial charge in [0.1, 0.15) is 6.10 Å². The third kappa shape index (κ3) is 3.83. The van der Waals surface area contributed by atoms with Crippen molar-refractivity contribution in [2.45, 2.75) is 45.5 Å². The van der Waals surface area contributed by atoms with E-state index in [0.29, 0.717) is 6.42 Å². The molecule has 0 aliphatic carbocycles. The van der Waals surface area contributed by atoms with Crippen LogP contribution in [0.4, 0.5) is 0 Å². The van der Waals surface area contributed by atoms with Gasteiger partial charge in [0.25, 0.3) is 0 Å². The maximum atomic E-state index is 11.4. The fraction of sp³-hybridized carbons (Fsp3) is 0.636. The van der Waals surface area contributed by atoms with Gasteiger partial charge in [0.2, 0.25) is 6.29 Å². The SMILES string of the molecule is CCCC[C@@H]1O[C@H](OC(C)=O)C=CC1=O. The second kappa shape index (κ2) is 5.66. The number of hydrogen-bond acceptors (Lipinski definition) is 4. The molecule has 1 aliphatic heterocycles. The summed E-state index contributed by atoms with van der Waals surface area (Å²) in [4.78, 5) is 22.1. The number of hydrogen-bond donors (Lipinski definition) is 0. The minimum Gasteiger partial charge on any atom is -0.432 e. The van der Waals surface area contributed by atoms with Crippen molar-refractivity contribution in [1.29, 1.82) is 0 Å². The Morgan fingerprint density at radius 1 is 1.60 bits per heavy atom. The van der Waals surface area contributed by atoms with Crippen molar-refractivity contribution in [3.05, 3.63) is 12.2 Å². The summed E-state index contributed by atoms with van der Waals surface area (Å²) in [5.74, 6) is -0.458. The molecule has 2 atom stereocenters. The Balaban J connectivity index is 2.50. The average Bonchev–Trinajstić information content (AvgIpc) is 2.18. The van der Waals surface area contributed by atoms with Crippen LogP contribution in [0.15, 0.2) is 12.2 Å². The van der Waals surface area contributed by atoms with Crippen LogP contribution >= 0.6 is 0 Å². The molecular formula is C11H16O4. The largest absolute Gasteiger partial charge is 0.432 e. The van der Waals surface area contributed by atoms with E-state index in [4.69, 9.17) is 9.47 Å². The minimum absolute atomic E-state index is 0.0492. The third-order valence-corrected chi connectivity index (χ3v) is 2.14. The third-order valence-electron chi connectivity index (χ3n) is 2.14. The van der Waals surface area contributed by atoms with E-state index in [0.717, 1.165) is 12.8 Å². The summed E-state index contributed by atoms with van der Waals surface area (Å²) in [5.41, 5.74) is 0. The summed E-state index contributed by atoms with van der Waals surface area (Å²) in [7, 11) is 0. The predicted molar refractivity (Wildman–Crippen MR) is 54.1 cm³/mol. The van der Waals surface area contributed by atoms with Crippen LogP contribution in [-0.2, 0) is 19.1 Å². The molecule has 0 spiro atoms. The summed E-state index contributed by atoms with van der Waals surface area (Å²) in [6.45, 7) is 3.36. The molecule has 0 N–H and O–H groups in total. The topological polar surface area (TPSA) is 52.6 Å². The maximum absolute atomic E-state index is 11.4. The van der Waals surface area contributed by atoms with E-state index >= 15 is 0 Å². The number of esters is 1.